The molecule has 0 heterocycles. The molecule has 0 bridgehead atoms. The zero-order chi connectivity index (χ0) is 29.0. The number of carbonyl (C=O) groups excluding carboxylic acids is 4. The summed E-state index contributed by atoms with van der Waals surface area (Å²) >= 11 is 0. The van der Waals surface area contributed by atoms with E-state index in [1.165, 1.54) is 0 Å². The van der Waals surface area contributed by atoms with E-state index in [-0.39, 0.29) is 51.5 Å². The van der Waals surface area contributed by atoms with Crippen LogP contribution in [0.2, 0.25) is 0 Å². The molecule has 2 aromatic carbocycles. The molecule has 2 rings (SSSR count). The van der Waals surface area contributed by atoms with Crippen molar-refractivity contribution in [1.82, 2.24) is 10.6 Å². The van der Waals surface area contributed by atoms with Crippen molar-refractivity contribution in [2.24, 2.45) is 0 Å². The number of benzene rings is 2. The summed E-state index contributed by atoms with van der Waals surface area (Å²) in [6.07, 6.45) is 1.76. The van der Waals surface area contributed by atoms with Crippen LogP contribution in [-0.2, 0) is 28.5 Å². The van der Waals surface area contributed by atoms with Gasteiger partial charge in [-0.2, -0.15) is 0 Å². The Morgan fingerprint density at radius 1 is 0.575 bits per heavy atom. The predicted octanol–water partition coefficient (Wildman–Crippen LogP) is 1.69. The molecule has 0 aliphatic carbocycles. The fraction of sp³-hybridized carbons (Fsp3) is 0.429. The summed E-state index contributed by atoms with van der Waals surface area (Å²) in [5.41, 5.74) is 12.8. The maximum Gasteiger partial charge on any atom is 0.340 e. The Balaban J connectivity index is 1.36. The zero-order valence-electron chi connectivity index (χ0n) is 22.5. The van der Waals surface area contributed by atoms with E-state index in [4.69, 9.17) is 30.4 Å². The lowest BCUT2D eigenvalue weighted by Crippen LogP contribution is -2.28. The molecule has 0 spiro atoms. The first kappa shape index (κ1) is 32.1. The molecule has 12 heteroatoms. The highest BCUT2D eigenvalue weighted by Gasteiger charge is 2.11. The third kappa shape index (κ3) is 13.1. The van der Waals surface area contributed by atoms with Gasteiger partial charge in [0.15, 0.2) is 0 Å². The second-order valence-electron chi connectivity index (χ2n) is 8.58. The number of hydrogen-bond acceptors (Lipinski definition) is 10. The minimum Gasteiger partial charge on any atom is -0.460 e. The molecule has 0 radical (unpaired) electrons. The van der Waals surface area contributed by atoms with Crippen LogP contribution in [0, 0.1) is 0 Å². The van der Waals surface area contributed by atoms with E-state index in [0.717, 1.165) is 0 Å². The second-order valence-corrected chi connectivity index (χ2v) is 8.58. The molecule has 6 N–H and O–H groups in total. The van der Waals surface area contributed by atoms with Gasteiger partial charge in [-0.1, -0.05) is 24.3 Å². The highest BCUT2D eigenvalue weighted by Crippen LogP contribution is 2.12. The molecule has 0 aliphatic heterocycles. The first-order chi connectivity index (χ1) is 19.4. The zero-order valence-corrected chi connectivity index (χ0v) is 22.5. The van der Waals surface area contributed by atoms with Crippen LogP contribution in [0.1, 0.15) is 46.4 Å². The smallest absolute Gasteiger partial charge is 0.340 e. The molecule has 0 unspecified atom stereocenters. The number of amides is 2. The van der Waals surface area contributed by atoms with Gasteiger partial charge in [0.25, 0.3) is 0 Å². The van der Waals surface area contributed by atoms with Crippen LogP contribution in [0.4, 0.5) is 11.4 Å². The van der Waals surface area contributed by atoms with E-state index in [1.807, 2.05) is 0 Å². The fourth-order valence-corrected chi connectivity index (χ4v) is 3.39. The summed E-state index contributed by atoms with van der Waals surface area (Å²) in [6, 6.07) is 13.3. The van der Waals surface area contributed by atoms with Crippen LogP contribution in [-0.4, -0.2) is 76.5 Å². The first-order valence-corrected chi connectivity index (χ1v) is 13.1. The molecular weight excluding hydrogens is 520 g/mol. The Hall–Kier alpha value is -4.16. The molecular formula is C28H38N4O8. The van der Waals surface area contributed by atoms with Crippen LogP contribution in [0.5, 0.6) is 0 Å². The number of rotatable bonds is 19. The largest absolute Gasteiger partial charge is 0.460 e. The highest BCUT2D eigenvalue weighted by atomic mass is 16.6. The van der Waals surface area contributed by atoms with Gasteiger partial charge in [0.2, 0.25) is 11.8 Å². The van der Waals surface area contributed by atoms with Crippen molar-refractivity contribution in [3.05, 3.63) is 59.7 Å². The Morgan fingerprint density at radius 2 is 0.975 bits per heavy atom. The number of hydrogen-bond donors (Lipinski definition) is 4. The minimum absolute atomic E-state index is 0.0788. The standard InChI is InChI=1S/C28H38N4O8/c29-23-9-3-1-7-21(23)27(35)39-19-17-37-15-13-31-25(33)11-5-6-12-26(34)32-14-16-38-18-20-40-28(36)22-8-2-4-10-24(22)30/h1-4,7-10H,5-6,11-20,29-30H2,(H,31,33)(H,32,34). The SMILES string of the molecule is Nc1ccccc1C(=O)OCCOCCNC(=O)CCCCC(=O)NCCOCCOC(=O)c1ccccc1N. The normalized spacial score (nSPS) is 10.5. The van der Waals surface area contributed by atoms with Gasteiger partial charge in [-0.05, 0) is 37.1 Å². The molecule has 12 nitrogen and oxygen atoms in total. The highest BCUT2D eigenvalue weighted by molar-refractivity contribution is 5.95. The molecule has 2 aromatic rings. The van der Waals surface area contributed by atoms with Gasteiger partial charge < -0.3 is 41.0 Å². The van der Waals surface area contributed by atoms with E-state index in [0.29, 0.717) is 61.3 Å². The van der Waals surface area contributed by atoms with Crippen LogP contribution in [0.25, 0.3) is 0 Å². The summed E-state index contributed by atoms with van der Waals surface area (Å²) in [6.45, 7) is 1.79. The van der Waals surface area contributed by atoms with Gasteiger partial charge in [0.05, 0.1) is 37.6 Å². The molecule has 0 aliphatic rings. The molecule has 0 fully saturated rings. The quantitative estimate of drug-likeness (QED) is 0.112. The average molecular weight is 559 g/mol. The molecule has 0 saturated heterocycles. The van der Waals surface area contributed by atoms with Gasteiger partial charge in [-0.15, -0.1) is 0 Å². The van der Waals surface area contributed by atoms with Crippen LogP contribution in [0.3, 0.4) is 0 Å². The second kappa shape index (κ2) is 19.0. The maximum absolute atomic E-state index is 11.9. The lowest BCUT2D eigenvalue weighted by Gasteiger charge is -2.09. The average Bonchev–Trinajstić information content (AvgIpc) is 2.94. The van der Waals surface area contributed by atoms with Crippen LogP contribution < -0.4 is 22.1 Å². The summed E-state index contributed by atoms with van der Waals surface area (Å²) in [7, 11) is 0. The lowest BCUT2D eigenvalue weighted by molar-refractivity contribution is -0.123. The molecule has 2 amide bonds. The summed E-state index contributed by atoms with van der Waals surface area (Å²) in [5, 5.41) is 5.48. The topological polar surface area (TPSA) is 181 Å². The number of para-hydroxylation sites is 2. The number of nitrogens with two attached hydrogens (primary N) is 2. The predicted molar refractivity (Wildman–Crippen MR) is 148 cm³/mol. The molecule has 0 saturated carbocycles. The Labute approximate surface area is 233 Å². The first-order valence-electron chi connectivity index (χ1n) is 13.1. The van der Waals surface area contributed by atoms with Gasteiger partial charge >= 0.3 is 11.9 Å². The summed E-state index contributed by atoms with van der Waals surface area (Å²) in [5.74, 6) is -1.27. The summed E-state index contributed by atoms with van der Waals surface area (Å²) in [4.78, 5) is 47.6. The van der Waals surface area contributed by atoms with E-state index in [2.05, 4.69) is 10.6 Å². The molecule has 0 atom stereocenters. The number of unbranched alkanes of at least 4 members (excludes halogenated alkanes) is 1. The maximum atomic E-state index is 11.9. The van der Waals surface area contributed by atoms with Crippen molar-refractivity contribution in [1.29, 1.82) is 0 Å². The third-order valence-electron chi connectivity index (χ3n) is 5.48. The van der Waals surface area contributed by atoms with Crippen molar-refractivity contribution >= 4 is 35.1 Å². The van der Waals surface area contributed by atoms with E-state index < -0.39 is 11.9 Å². The number of nitrogen functional groups attached to an aromatic ring is 2. The van der Waals surface area contributed by atoms with E-state index in [1.54, 1.807) is 48.5 Å². The van der Waals surface area contributed by atoms with Crippen molar-refractivity contribution in [3.8, 4) is 0 Å². The minimum atomic E-state index is -0.511. The van der Waals surface area contributed by atoms with Crippen LogP contribution >= 0.6 is 0 Å². The Bertz CT molecular complexity index is 1010. The Morgan fingerprint density at radius 3 is 1.38 bits per heavy atom. The van der Waals surface area contributed by atoms with Crippen molar-refractivity contribution in [3.63, 3.8) is 0 Å². The van der Waals surface area contributed by atoms with E-state index in [9.17, 15) is 19.2 Å². The molecule has 40 heavy (non-hydrogen) atoms. The van der Waals surface area contributed by atoms with Gasteiger partial charge in [-0.3, -0.25) is 9.59 Å². The van der Waals surface area contributed by atoms with Gasteiger partial charge in [0.1, 0.15) is 13.2 Å². The monoisotopic (exact) mass is 558 g/mol. The van der Waals surface area contributed by atoms with Crippen LogP contribution in [0.15, 0.2) is 48.5 Å². The van der Waals surface area contributed by atoms with Crippen molar-refractivity contribution in [2.45, 2.75) is 25.7 Å². The number of anilines is 2. The molecule has 0 aromatic heterocycles. The van der Waals surface area contributed by atoms with E-state index >= 15 is 0 Å². The van der Waals surface area contributed by atoms with Gasteiger partial charge in [-0.25, -0.2) is 9.59 Å². The van der Waals surface area contributed by atoms with Crippen molar-refractivity contribution in [2.75, 3.05) is 64.2 Å². The van der Waals surface area contributed by atoms with Gasteiger partial charge in [0, 0.05) is 37.3 Å². The third-order valence-corrected chi connectivity index (χ3v) is 5.48. The fourth-order valence-electron chi connectivity index (χ4n) is 3.39. The number of esters is 2. The number of nitrogens with one attached hydrogen (secondary N) is 2. The molecule has 218 valence electrons. The summed E-state index contributed by atoms with van der Waals surface area (Å²) < 4.78 is 20.9. The Kier molecular flexibility index (Phi) is 15.2. The number of ether oxygens (including phenoxy) is 4. The lowest BCUT2D eigenvalue weighted by atomic mass is 10.2. The van der Waals surface area contributed by atoms with Crippen molar-refractivity contribution < 1.29 is 38.1 Å². The number of carbonyl (C=O) groups is 4.